The molecule has 1 aromatic carbocycles. The number of likely N-dealkylation sites (tertiary alicyclic amines) is 1. The zero-order chi connectivity index (χ0) is 19.2. The molecule has 150 valence electrons. The first-order chi connectivity index (χ1) is 13.1. The molecule has 0 aromatic heterocycles. The quantitative estimate of drug-likeness (QED) is 0.751. The number of aliphatic hydroxyl groups excluding tert-OH is 1. The number of hydrogen-bond acceptors (Lipinski definition) is 6. The van der Waals surface area contributed by atoms with Crippen LogP contribution in [-0.2, 0) is 0 Å². The summed E-state index contributed by atoms with van der Waals surface area (Å²) in [6, 6.07) is 3.40. The van der Waals surface area contributed by atoms with E-state index in [0.717, 1.165) is 32.4 Å². The highest BCUT2D eigenvalue weighted by Gasteiger charge is 2.29. The Morgan fingerprint density at radius 3 is 2.81 bits per heavy atom. The molecule has 7 nitrogen and oxygen atoms in total. The van der Waals surface area contributed by atoms with Crippen LogP contribution in [-0.4, -0.2) is 68.5 Å². The molecule has 1 fully saturated rings. The molecule has 1 unspecified atom stereocenters. The van der Waals surface area contributed by atoms with Gasteiger partial charge in [0.1, 0.15) is 13.2 Å². The van der Waals surface area contributed by atoms with Gasteiger partial charge in [-0.1, -0.05) is 13.3 Å². The van der Waals surface area contributed by atoms with Gasteiger partial charge < -0.3 is 29.5 Å². The Hall–Kier alpha value is -1.99. The van der Waals surface area contributed by atoms with Crippen molar-refractivity contribution in [3.8, 4) is 17.2 Å². The first-order valence-electron chi connectivity index (χ1n) is 9.79. The molecule has 0 radical (unpaired) electrons. The van der Waals surface area contributed by atoms with Crippen LogP contribution in [0.25, 0.3) is 0 Å². The van der Waals surface area contributed by atoms with Crippen molar-refractivity contribution < 1.29 is 24.1 Å². The Morgan fingerprint density at radius 1 is 1.33 bits per heavy atom. The van der Waals surface area contributed by atoms with Crippen LogP contribution in [0.2, 0.25) is 0 Å². The monoisotopic (exact) mass is 378 g/mol. The van der Waals surface area contributed by atoms with Gasteiger partial charge in [-0.3, -0.25) is 4.79 Å². The highest BCUT2D eigenvalue weighted by molar-refractivity contribution is 5.98. The third-order valence-corrected chi connectivity index (χ3v) is 5.27. The first kappa shape index (κ1) is 19.8. The lowest BCUT2D eigenvalue weighted by atomic mass is 9.93. The molecule has 2 N–H and O–H groups in total. The van der Waals surface area contributed by atoms with E-state index in [1.54, 1.807) is 19.2 Å². The van der Waals surface area contributed by atoms with E-state index >= 15 is 0 Å². The molecule has 0 saturated carbocycles. The van der Waals surface area contributed by atoms with Crippen LogP contribution in [0.3, 0.4) is 0 Å². The molecular weight excluding hydrogens is 348 g/mol. The number of nitrogens with zero attached hydrogens (tertiary/aromatic N) is 1. The first-order valence-corrected chi connectivity index (χ1v) is 9.79. The Kier molecular flexibility index (Phi) is 6.79. The maximum Gasteiger partial charge on any atom is 0.255 e. The molecule has 0 spiro atoms. The third-order valence-electron chi connectivity index (χ3n) is 5.27. The predicted molar refractivity (Wildman–Crippen MR) is 102 cm³/mol. The summed E-state index contributed by atoms with van der Waals surface area (Å²) in [5, 5.41) is 13.4. The second kappa shape index (κ2) is 9.28. The normalized spacial score (nSPS) is 22.3. The lowest BCUT2D eigenvalue weighted by Gasteiger charge is -2.36. The number of nitrogens with one attached hydrogen (secondary N) is 1. The van der Waals surface area contributed by atoms with Crippen molar-refractivity contribution in [2.45, 2.75) is 32.3 Å². The fraction of sp³-hybridized carbons (Fsp3) is 0.650. The van der Waals surface area contributed by atoms with Crippen LogP contribution >= 0.6 is 0 Å². The van der Waals surface area contributed by atoms with Gasteiger partial charge in [-0.25, -0.2) is 0 Å². The number of fused-ring (bicyclic) bond motifs is 1. The summed E-state index contributed by atoms with van der Waals surface area (Å²) in [4.78, 5) is 15.0. The smallest absolute Gasteiger partial charge is 0.255 e. The van der Waals surface area contributed by atoms with Gasteiger partial charge in [-0.2, -0.15) is 0 Å². The van der Waals surface area contributed by atoms with Crippen molar-refractivity contribution in [2.24, 2.45) is 5.92 Å². The zero-order valence-electron chi connectivity index (χ0n) is 16.2. The maximum atomic E-state index is 12.7. The van der Waals surface area contributed by atoms with Crippen molar-refractivity contribution in [1.82, 2.24) is 10.2 Å². The van der Waals surface area contributed by atoms with Crippen LogP contribution in [0.15, 0.2) is 12.1 Å². The average molecular weight is 378 g/mol. The number of aliphatic hydroxyl groups is 1. The number of piperidine rings is 1. The minimum Gasteiger partial charge on any atom is -0.493 e. The Labute approximate surface area is 160 Å². The van der Waals surface area contributed by atoms with Gasteiger partial charge in [0.2, 0.25) is 5.75 Å². The summed E-state index contributed by atoms with van der Waals surface area (Å²) >= 11 is 0. The van der Waals surface area contributed by atoms with E-state index < -0.39 is 6.10 Å². The summed E-state index contributed by atoms with van der Waals surface area (Å²) in [5.41, 5.74) is 0.431. The maximum absolute atomic E-state index is 12.7. The van der Waals surface area contributed by atoms with Gasteiger partial charge in [0.25, 0.3) is 5.91 Å². The number of β-amino-alcohol motifs (C(OH)–C–C–N with tert-alkyl or cyclic N) is 1. The molecule has 27 heavy (non-hydrogen) atoms. The molecule has 2 aliphatic heterocycles. The molecule has 1 amide bonds. The van der Waals surface area contributed by atoms with E-state index in [2.05, 4.69) is 17.1 Å². The minimum atomic E-state index is -0.416. The van der Waals surface area contributed by atoms with Crippen LogP contribution < -0.4 is 19.5 Å². The lowest BCUT2D eigenvalue weighted by molar-refractivity contribution is 0.0217. The summed E-state index contributed by atoms with van der Waals surface area (Å²) in [6.07, 6.45) is 2.77. The molecule has 7 heteroatoms. The topological polar surface area (TPSA) is 80.3 Å². The van der Waals surface area contributed by atoms with Gasteiger partial charge in [-0.15, -0.1) is 0 Å². The van der Waals surface area contributed by atoms with E-state index in [-0.39, 0.29) is 11.8 Å². The van der Waals surface area contributed by atoms with Gasteiger partial charge in [0.05, 0.1) is 18.8 Å². The number of carbonyl (C=O) groups excluding carboxylic acids is 1. The fourth-order valence-corrected chi connectivity index (χ4v) is 3.64. The van der Waals surface area contributed by atoms with Crippen molar-refractivity contribution in [1.29, 1.82) is 0 Å². The van der Waals surface area contributed by atoms with Crippen LogP contribution in [0.4, 0.5) is 0 Å². The standard InChI is InChI=1S/C20H30N2O5/c1-3-4-8-22-9-7-14(16(23)13-22)12-21-20(24)15-5-6-17(25-2)19-18(15)26-10-11-27-19/h5-6,14,16,23H,3-4,7-13H2,1-2H3,(H,21,24)/t14-,16?/m0/s1. The molecule has 2 heterocycles. The van der Waals surface area contributed by atoms with E-state index in [1.807, 2.05) is 0 Å². The Balaban J connectivity index is 1.59. The molecule has 0 bridgehead atoms. The highest BCUT2D eigenvalue weighted by atomic mass is 16.6. The van der Waals surface area contributed by atoms with Gasteiger partial charge in [0, 0.05) is 19.0 Å². The third kappa shape index (κ3) is 4.65. The van der Waals surface area contributed by atoms with E-state index in [0.29, 0.717) is 49.1 Å². The molecule has 2 aliphatic rings. The van der Waals surface area contributed by atoms with Crippen LogP contribution in [0, 0.1) is 5.92 Å². The molecule has 2 atom stereocenters. The number of methoxy groups -OCH3 is 1. The molecule has 1 aromatic rings. The van der Waals surface area contributed by atoms with Gasteiger partial charge in [0.15, 0.2) is 11.5 Å². The number of hydrogen-bond donors (Lipinski definition) is 2. The van der Waals surface area contributed by atoms with Gasteiger partial charge >= 0.3 is 0 Å². The Morgan fingerprint density at radius 2 is 2.11 bits per heavy atom. The number of unbranched alkanes of at least 4 members (excludes halogenated alkanes) is 1. The van der Waals surface area contributed by atoms with E-state index in [4.69, 9.17) is 14.2 Å². The second-order valence-electron chi connectivity index (χ2n) is 7.15. The van der Waals surface area contributed by atoms with Crippen molar-refractivity contribution in [3.05, 3.63) is 17.7 Å². The van der Waals surface area contributed by atoms with E-state index in [9.17, 15) is 9.90 Å². The second-order valence-corrected chi connectivity index (χ2v) is 7.15. The number of ether oxygens (including phenoxy) is 3. The van der Waals surface area contributed by atoms with Crippen molar-refractivity contribution >= 4 is 5.91 Å². The Bertz CT molecular complexity index is 652. The number of carbonyl (C=O) groups is 1. The highest BCUT2D eigenvalue weighted by Crippen LogP contribution is 2.41. The average Bonchev–Trinajstić information content (AvgIpc) is 2.70. The SMILES string of the molecule is CCCCN1CC[C@@H](CNC(=O)c2ccc(OC)c3c2OCCO3)C(O)C1. The minimum absolute atomic E-state index is 0.0677. The predicted octanol–water partition coefficient (Wildman–Crippen LogP) is 1.68. The largest absolute Gasteiger partial charge is 0.493 e. The summed E-state index contributed by atoms with van der Waals surface area (Å²) in [6.45, 7) is 6.12. The fourth-order valence-electron chi connectivity index (χ4n) is 3.64. The van der Waals surface area contributed by atoms with Crippen LogP contribution in [0.5, 0.6) is 17.2 Å². The summed E-state index contributed by atoms with van der Waals surface area (Å²) < 4.78 is 16.6. The molecule has 1 saturated heterocycles. The summed E-state index contributed by atoms with van der Waals surface area (Å²) in [5.74, 6) is 1.29. The molecule has 0 aliphatic carbocycles. The van der Waals surface area contributed by atoms with Crippen molar-refractivity contribution in [2.75, 3.05) is 46.5 Å². The lowest BCUT2D eigenvalue weighted by Crippen LogP contribution is -2.47. The number of benzene rings is 1. The van der Waals surface area contributed by atoms with Gasteiger partial charge in [-0.05, 0) is 38.1 Å². The number of rotatable bonds is 7. The van der Waals surface area contributed by atoms with Crippen molar-refractivity contribution in [3.63, 3.8) is 0 Å². The summed E-state index contributed by atoms with van der Waals surface area (Å²) in [7, 11) is 1.56. The van der Waals surface area contributed by atoms with E-state index in [1.165, 1.54) is 0 Å². The molecule has 3 rings (SSSR count). The number of amides is 1. The van der Waals surface area contributed by atoms with Crippen LogP contribution in [0.1, 0.15) is 36.5 Å². The molecular formula is C20H30N2O5. The zero-order valence-corrected chi connectivity index (χ0v) is 16.2.